The van der Waals surface area contributed by atoms with Gasteiger partial charge in [-0.1, -0.05) is 0 Å². The maximum atomic E-state index is 11.9. The smallest absolute Gasteiger partial charge is 0.334 e. The average Bonchev–Trinajstić information content (AvgIpc) is 2.36. The Morgan fingerprint density at radius 3 is 2.42 bits per heavy atom. The summed E-state index contributed by atoms with van der Waals surface area (Å²) in [4.78, 5) is 23.8. The van der Waals surface area contributed by atoms with E-state index < -0.39 is 18.1 Å². The number of aliphatic carboxylic acids is 1. The van der Waals surface area contributed by atoms with E-state index in [4.69, 9.17) is 19.7 Å². The second-order valence-corrected chi connectivity index (χ2v) is 4.03. The number of carboxylic acid groups (broad SMARTS) is 1. The summed E-state index contributed by atoms with van der Waals surface area (Å²) in [5.41, 5.74) is 0. The Balaban J connectivity index is 4.40. The Hall–Kier alpha value is -1.38. The third-order valence-corrected chi connectivity index (χ3v) is 2.47. The molecule has 0 saturated heterocycles. The molecule has 2 atom stereocenters. The topological polar surface area (TPSA) is 108 Å². The van der Waals surface area contributed by atoms with Gasteiger partial charge in [-0.2, -0.15) is 0 Å². The summed E-state index contributed by atoms with van der Waals surface area (Å²) in [6.07, 6.45) is -1.62. The van der Waals surface area contributed by atoms with Gasteiger partial charge < -0.3 is 29.9 Å². The second-order valence-electron chi connectivity index (χ2n) is 4.03. The summed E-state index contributed by atoms with van der Waals surface area (Å²) in [5, 5.41) is 20.0. The van der Waals surface area contributed by atoms with Crippen molar-refractivity contribution in [1.29, 1.82) is 0 Å². The molecule has 19 heavy (non-hydrogen) atoms. The Labute approximate surface area is 112 Å². The van der Waals surface area contributed by atoms with E-state index >= 15 is 0 Å². The van der Waals surface area contributed by atoms with Crippen LogP contribution in [0.15, 0.2) is 0 Å². The number of hydrogen-bond acceptors (Lipinski definition) is 5. The minimum atomic E-state index is -1.62. The van der Waals surface area contributed by atoms with Crippen LogP contribution in [0.3, 0.4) is 0 Å². The maximum Gasteiger partial charge on any atom is 0.334 e. The molecule has 2 unspecified atom stereocenters. The van der Waals surface area contributed by atoms with E-state index in [9.17, 15) is 9.59 Å². The normalized spacial score (nSPS) is 13.7. The molecule has 0 heterocycles. The number of aliphatic hydroxyl groups is 1. The summed E-state index contributed by atoms with van der Waals surface area (Å²) in [7, 11) is 3.04. The number of hydrogen-bond donors (Lipinski definition) is 3. The summed E-state index contributed by atoms with van der Waals surface area (Å²) < 4.78 is 9.88. The van der Waals surface area contributed by atoms with Crippen molar-refractivity contribution in [1.82, 2.24) is 10.2 Å². The fraction of sp³-hybridized carbons (Fsp3) is 0.818. The van der Waals surface area contributed by atoms with Crippen LogP contribution in [0.4, 0.5) is 4.79 Å². The first-order valence-corrected chi connectivity index (χ1v) is 5.87. The molecule has 2 amide bonds. The van der Waals surface area contributed by atoms with Gasteiger partial charge in [-0.3, -0.25) is 0 Å². The summed E-state index contributed by atoms with van der Waals surface area (Å²) in [6, 6.07) is -0.663. The van der Waals surface area contributed by atoms with E-state index in [0.717, 1.165) is 0 Å². The minimum absolute atomic E-state index is 0.192. The highest BCUT2D eigenvalue weighted by Gasteiger charge is 2.21. The SMILES string of the molecule is COCCN(C(=O)NCC(O)C(=O)O)C(C)COC. The molecule has 0 aromatic rings. The van der Waals surface area contributed by atoms with E-state index in [-0.39, 0.29) is 12.6 Å². The number of carbonyl (C=O) groups excluding carboxylic acids is 1. The highest BCUT2D eigenvalue weighted by atomic mass is 16.5. The number of ether oxygens (including phenoxy) is 2. The van der Waals surface area contributed by atoms with Crippen LogP contribution in [0, 0.1) is 0 Å². The number of rotatable bonds is 9. The monoisotopic (exact) mass is 278 g/mol. The molecule has 8 heteroatoms. The van der Waals surface area contributed by atoms with Crippen molar-refractivity contribution in [3.05, 3.63) is 0 Å². The Bertz CT molecular complexity index is 286. The first-order valence-electron chi connectivity index (χ1n) is 5.87. The minimum Gasteiger partial charge on any atom is -0.479 e. The Kier molecular flexibility index (Phi) is 8.84. The molecule has 0 bridgehead atoms. The number of aliphatic hydroxyl groups excluding tert-OH is 1. The van der Waals surface area contributed by atoms with Gasteiger partial charge in [-0.05, 0) is 6.92 Å². The van der Waals surface area contributed by atoms with Crippen LogP contribution in [-0.4, -0.2) is 79.8 Å². The molecule has 8 nitrogen and oxygen atoms in total. The average molecular weight is 278 g/mol. The molecular weight excluding hydrogens is 256 g/mol. The van der Waals surface area contributed by atoms with Crippen LogP contribution in [0.2, 0.25) is 0 Å². The molecular formula is C11H22N2O6. The third kappa shape index (κ3) is 6.94. The standard InChI is InChI=1S/C11H22N2O6/c1-8(7-19-3)13(4-5-18-2)11(17)12-6-9(14)10(15)16/h8-9,14H,4-7H2,1-3H3,(H,12,17)(H,15,16). The highest BCUT2D eigenvalue weighted by molar-refractivity contribution is 5.77. The van der Waals surface area contributed by atoms with E-state index in [1.807, 2.05) is 0 Å². The van der Waals surface area contributed by atoms with Crippen LogP contribution < -0.4 is 5.32 Å². The number of nitrogens with zero attached hydrogens (tertiary/aromatic N) is 1. The van der Waals surface area contributed by atoms with E-state index in [1.54, 1.807) is 6.92 Å². The van der Waals surface area contributed by atoms with E-state index in [0.29, 0.717) is 19.8 Å². The fourth-order valence-corrected chi connectivity index (χ4v) is 1.42. The first-order chi connectivity index (χ1) is 8.93. The number of methoxy groups -OCH3 is 2. The lowest BCUT2D eigenvalue weighted by molar-refractivity contribution is -0.146. The second kappa shape index (κ2) is 9.54. The number of carboxylic acids is 1. The Morgan fingerprint density at radius 2 is 1.95 bits per heavy atom. The fourth-order valence-electron chi connectivity index (χ4n) is 1.42. The molecule has 0 spiro atoms. The molecule has 0 aliphatic rings. The van der Waals surface area contributed by atoms with Gasteiger partial charge in [0.2, 0.25) is 0 Å². The van der Waals surface area contributed by atoms with Crippen molar-refractivity contribution in [3.8, 4) is 0 Å². The first kappa shape index (κ1) is 17.6. The number of amides is 2. The van der Waals surface area contributed by atoms with Gasteiger partial charge in [0.1, 0.15) is 0 Å². The van der Waals surface area contributed by atoms with Crippen molar-refractivity contribution >= 4 is 12.0 Å². The van der Waals surface area contributed by atoms with Gasteiger partial charge in [-0.25, -0.2) is 9.59 Å². The predicted molar refractivity (Wildman–Crippen MR) is 67.0 cm³/mol. The largest absolute Gasteiger partial charge is 0.479 e. The quantitative estimate of drug-likeness (QED) is 0.505. The molecule has 0 aliphatic carbocycles. The van der Waals surface area contributed by atoms with Crippen LogP contribution in [0.25, 0.3) is 0 Å². The predicted octanol–water partition coefficient (Wildman–Crippen LogP) is -0.875. The maximum absolute atomic E-state index is 11.9. The van der Waals surface area contributed by atoms with Crippen LogP contribution in [0.5, 0.6) is 0 Å². The van der Waals surface area contributed by atoms with Crippen LogP contribution in [-0.2, 0) is 14.3 Å². The third-order valence-electron chi connectivity index (χ3n) is 2.47. The highest BCUT2D eigenvalue weighted by Crippen LogP contribution is 2.00. The number of nitrogens with one attached hydrogen (secondary N) is 1. The van der Waals surface area contributed by atoms with Crippen molar-refractivity contribution < 1.29 is 29.3 Å². The van der Waals surface area contributed by atoms with Crippen LogP contribution in [0.1, 0.15) is 6.92 Å². The molecule has 0 saturated carbocycles. The van der Waals surface area contributed by atoms with E-state index in [1.165, 1.54) is 19.1 Å². The van der Waals surface area contributed by atoms with Crippen molar-refractivity contribution in [2.45, 2.75) is 19.1 Å². The van der Waals surface area contributed by atoms with E-state index in [2.05, 4.69) is 5.32 Å². The van der Waals surface area contributed by atoms with Gasteiger partial charge in [0, 0.05) is 20.8 Å². The van der Waals surface area contributed by atoms with Gasteiger partial charge in [0.05, 0.1) is 25.8 Å². The summed E-state index contributed by atoms with van der Waals surface area (Å²) in [5.74, 6) is -1.38. The molecule has 0 aromatic heterocycles. The summed E-state index contributed by atoms with van der Waals surface area (Å²) >= 11 is 0. The van der Waals surface area contributed by atoms with Gasteiger partial charge in [-0.15, -0.1) is 0 Å². The molecule has 0 aliphatic heterocycles. The molecule has 0 aromatic carbocycles. The van der Waals surface area contributed by atoms with Gasteiger partial charge in [0.25, 0.3) is 0 Å². The van der Waals surface area contributed by atoms with Crippen molar-refractivity contribution in [2.24, 2.45) is 0 Å². The molecule has 0 radical (unpaired) electrons. The number of carbonyl (C=O) groups is 2. The Morgan fingerprint density at radius 1 is 1.32 bits per heavy atom. The molecule has 112 valence electrons. The molecule has 0 rings (SSSR count). The molecule has 0 fully saturated rings. The zero-order valence-corrected chi connectivity index (χ0v) is 11.5. The molecule has 3 N–H and O–H groups in total. The van der Waals surface area contributed by atoms with Gasteiger partial charge in [0.15, 0.2) is 6.10 Å². The van der Waals surface area contributed by atoms with Crippen LogP contribution >= 0.6 is 0 Å². The lowest BCUT2D eigenvalue weighted by atomic mass is 10.3. The van der Waals surface area contributed by atoms with Crippen molar-refractivity contribution in [3.63, 3.8) is 0 Å². The lowest BCUT2D eigenvalue weighted by Gasteiger charge is -2.29. The zero-order chi connectivity index (χ0) is 14.8. The summed E-state index contributed by atoms with van der Waals surface area (Å²) in [6.45, 7) is 2.49. The zero-order valence-electron chi connectivity index (χ0n) is 11.5. The van der Waals surface area contributed by atoms with Gasteiger partial charge >= 0.3 is 12.0 Å². The lowest BCUT2D eigenvalue weighted by Crippen LogP contribution is -2.50. The number of urea groups is 1. The van der Waals surface area contributed by atoms with Crippen molar-refractivity contribution in [2.75, 3.05) is 40.5 Å².